The van der Waals surface area contributed by atoms with Crippen molar-refractivity contribution in [1.82, 2.24) is 10.2 Å². The van der Waals surface area contributed by atoms with Crippen molar-refractivity contribution in [2.75, 3.05) is 32.8 Å². The second kappa shape index (κ2) is 10.1. The molecule has 1 aromatic rings. The SMILES string of the molecule is CCOc1cc([C@@H](C2CCC2)N2CCNCC2)cc(Br)c1O.Cl.Cl. The summed E-state index contributed by atoms with van der Waals surface area (Å²) < 4.78 is 6.35. The monoisotopic (exact) mass is 440 g/mol. The fourth-order valence-electron chi connectivity index (χ4n) is 3.53. The lowest BCUT2D eigenvalue weighted by Gasteiger charge is -2.43. The second-order valence-corrected chi connectivity index (χ2v) is 7.06. The van der Waals surface area contributed by atoms with E-state index in [0.29, 0.717) is 18.4 Å². The first kappa shape index (κ1) is 21.8. The number of halogens is 3. The van der Waals surface area contributed by atoms with Crippen LogP contribution in [0, 0.1) is 5.92 Å². The highest BCUT2D eigenvalue weighted by Gasteiger charge is 2.34. The summed E-state index contributed by atoms with van der Waals surface area (Å²) in [6, 6.07) is 4.55. The van der Waals surface area contributed by atoms with Crippen LogP contribution in [0.3, 0.4) is 0 Å². The van der Waals surface area contributed by atoms with E-state index in [1.54, 1.807) is 0 Å². The Morgan fingerprint density at radius 3 is 2.50 bits per heavy atom. The van der Waals surface area contributed by atoms with E-state index >= 15 is 0 Å². The second-order valence-electron chi connectivity index (χ2n) is 6.20. The molecule has 1 aromatic carbocycles. The van der Waals surface area contributed by atoms with E-state index in [0.717, 1.165) is 36.6 Å². The van der Waals surface area contributed by atoms with Gasteiger partial charge in [0.25, 0.3) is 0 Å². The lowest BCUT2D eigenvalue weighted by molar-refractivity contribution is 0.0834. The molecule has 3 rings (SSSR count). The molecular formula is C17H27BrCl2N2O2. The van der Waals surface area contributed by atoms with E-state index in [-0.39, 0.29) is 30.6 Å². The summed E-state index contributed by atoms with van der Waals surface area (Å²) in [5.74, 6) is 1.52. The van der Waals surface area contributed by atoms with Gasteiger partial charge in [0.05, 0.1) is 11.1 Å². The largest absolute Gasteiger partial charge is 0.503 e. The summed E-state index contributed by atoms with van der Waals surface area (Å²) in [5, 5.41) is 13.6. The normalized spacial score (nSPS) is 19.6. The lowest BCUT2D eigenvalue weighted by Crippen LogP contribution is -2.47. The van der Waals surface area contributed by atoms with Crippen molar-refractivity contribution in [1.29, 1.82) is 0 Å². The third kappa shape index (κ3) is 4.70. The number of rotatable bonds is 5. The molecule has 0 spiro atoms. The Morgan fingerprint density at radius 2 is 1.96 bits per heavy atom. The quantitative estimate of drug-likeness (QED) is 0.720. The van der Waals surface area contributed by atoms with E-state index in [1.165, 1.54) is 24.8 Å². The molecule has 0 radical (unpaired) electrons. The molecule has 1 atom stereocenters. The first-order chi connectivity index (χ1) is 10.7. The van der Waals surface area contributed by atoms with Crippen LogP contribution in [-0.2, 0) is 0 Å². The summed E-state index contributed by atoms with van der Waals surface area (Å²) in [7, 11) is 0. The van der Waals surface area contributed by atoms with Crippen LogP contribution in [0.15, 0.2) is 16.6 Å². The number of phenols is 1. The van der Waals surface area contributed by atoms with E-state index in [9.17, 15) is 5.11 Å². The highest BCUT2D eigenvalue weighted by atomic mass is 79.9. The number of ether oxygens (including phenoxy) is 1. The van der Waals surface area contributed by atoms with E-state index in [1.807, 2.05) is 13.0 Å². The molecule has 7 heteroatoms. The molecular weight excluding hydrogens is 415 g/mol. The smallest absolute Gasteiger partial charge is 0.172 e. The highest BCUT2D eigenvalue weighted by Crippen LogP contribution is 2.45. The molecule has 1 aliphatic heterocycles. The van der Waals surface area contributed by atoms with Gasteiger partial charge in [-0.1, -0.05) is 6.42 Å². The Morgan fingerprint density at radius 1 is 1.29 bits per heavy atom. The van der Waals surface area contributed by atoms with Crippen LogP contribution in [0.25, 0.3) is 0 Å². The van der Waals surface area contributed by atoms with Gasteiger partial charge in [0.15, 0.2) is 11.5 Å². The average Bonchev–Trinajstić information content (AvgIpc) is 2.48. The van der Waals surface area contributed by atoms with Gasteiger partial charge in [0.1, 0.15) is 0 Å². The zero-order valence-electron chi connectivity index (χ0n) is 14.0. The van der Waals surface area contributed by atoms with Crippen LogP contribution < -0.4 is 10.1 Å². The van der Waals surface area contributed by atoms with Crippen LogP contribution >= 0.6 is 40.7 Å². The third-order valence-corrected chi connectivity index (χ3v) is 5.44. The molecule has 2 aliphatic rings. The third-order valence-electron chi connectivity index (χ3n) is 4.83. The first-order valence-electron chi connectivity index (χ1n) is 8.30. The predicted octanol–water partition coefficient (Wildman–Crippen LogP) is 4.14. The van der Waals surface area contributed by atoms with Crippen molar-refractivity contribution in [3.8, 4) is 11.5 Å². The fourth-order valence-corrected chi connectivity index (χ4v) is 3.99. The number of nitrogens with one attached hydrogen (secondary N) is 1. The van der Waals surface area contributed by atoms with Gasteiger partial charge >= 0.3 is 0 Å². The van der Waals surface area contributed by atoms with E-state index < -0.39 is 0 Å². The standard InChI is InChI=1S/C17H25BrN2O2.2ClH/c1-2-22-15-11-13(10-14(18)17(15)21)16(12-4-3-5-12)20-8-6-19-7-9-20;;/h10-12,16,19,21H,2-9H2,1H3;2*1H/t16-;;/m1../s1. The minimum absolute atomic E-state index is 0. The molecule has 1 heterocycles. The van der Waals surface area contributed by atoms with Crippen molar-refractivity contribution < 1.29 is 9.84 Å². The summed E-state index contributed by atoms with van der Waals surface area (Å²) in [5.41, 5.74) is 1.26. The van der Waals surface area contributed by atoms with Gasteiger partial charge in [-0.05, 0) is 59.3 Å². The topological polar surface area (TPSA) is 44.7 Å². The minimum Gasteiger partial charge on any atom is -0.503 e. The number of nitrogens with zero attached hydrogens (tertiary/aromatic N) is 1. The molecule has 1 aliphatic carbocycles. The molecule has 0 aromatic heterocycles. The van der Waals surface area contributed by atoms with Crippen LogP contribution in [0.5, 0.6) is 11.5 Å². The Kier molecular flexibility index (Phi) is 9.17. The molecule has 1 saturated carbocycles. The van der Waals surface area contributed by atoms with Gasteiger partial charge < -0.3 is 15.2 Å². The average molecular weight is 442 g/mol. The molecule has 0 bridgehead atoms. The maximum absolute atomic E-state index is 10.2. The molecule has 1 saturated heterocycles. The summed E-state index contributed by atoms with van der Waals surface area (Å²) in [6.45, 7) is 6.79. The molecule has 2 fully saturated rings. The zero-order valence-corrected chi connectivity index (χ0v) is 17.2. The molecule has 2 N–H and O–H groups in total. The summed E-state index contributed by atoms with van der Waals surface area (Å²) in [6.07, 6.45) is 3.94. The molecule has 0 amide bonds. The fraction of sp³-hybridized carbons (Fsp3) is 0.647. The molecule has 24 heavy (non-hydrogen) atoms. The number of benzene rings is 1. The van der Waals surface area contributed by atoms with Gasteiger partial charge in [-0.2, -0.15) is 0 Å². The van der Waals surface area contributed by atoms with Crippen LogP contribution in [-0.4, -0.2) is 42.8 Å². The Balaban J connectivity index is 0.00000144. The van der Waals surface area contributed by atoms with Crippen molar-refractivity contribution in [2.24, 2.45) is 5.92 Å². The van der Waals surface area contributed by atoms with Crippen LogP contribution in [0.1, 0.15) is 37.8 Å². The molecule has 138 valence electrons. The number of phenolic OH excluding ortho intramolecular Hbond substituents is 1. The molecule has 0 unspecified atom stereocenters. The van der Waals surface area contributed by atoms with Crippen LogP contribution in [0.4, 0.5) is 0 Å². The van der Waals surface area contributed by atoms with Crippen molar-refractivity contribution >= 4 is 40.7 Å². The number of hydrogen-bond acceptors (Lipinski definition) is 4. The van der Waals surface area contributed by atoms with Crippen LogP contribution in [0.2, 0.25) is 0 Å². The minimum atomic E-state index is 0. The summed E-state index contributed by atoms with van der Waals surface area (Å²) in [4.78, 5) is 2.59. The number of piperazine rings is 1. The Hall–Kier alpha value is -0.200. The van der Waals surface area contributed by atoms with E-state index in [4.69, 9.17) is 4.74 Å². The Labute approximate surface area is 165 Å². The molecule has 4 nitrogen and oxygen atoms in total. The van der Waals surface area contributed by atoms with Crippen molar-refractivity contribution in [3.63, 3.8) is 0 Å². The maximum Gasteiger partial charge on any atom is 0.172 e. The number of hydrogen-bond donors (Lipinski definition) is 2. The lowest BCUT2D eigenvalue weighted by atomic mass is 9.76. The maximum atomic E-state index is 10.2. The highest BCUT2D eigenvalue weighted by molar-refractivity contribution is 9.10. The van der Waals surface area contributed by atoms with Gasteiger partial charge in [-0.25, -0.2) is 0 Å². The van der Waals surface area contributed by atoms with Gasteiger partial charge in [0, 0.05) is 32.2 Å². The van der Waals surface area contributed by atoms with Gasteiger partial charge in [0.2, 0.25) is 0 Å². The van der Waals surface area contributed by atoms with Crippen molar-refractivity contribution in [3.05, 3.63) is 22.2 Å². The van der Waals surface area contributed by atoms with Gasteiger partial charge in [-0.3, -0.25) is 4.90 Å². The zero-order chi connectivity index (χ0) is 15.5. The predicted molar refractivity (Wildman–Crippen MR) is 106 cm³/mol. The first-order valence-corrected chi connectivity index (χ1v) is 9.10. The van der Waals surface area contributed by atoms with E-state index in [2.05, 4.69) is 32.2 Å². The van der Waals surface area contributed by atoms with Crippen molar-refractivity contribution in [2.45, 2.75) is 32.2 Å². The van der Waals surface area contributed by atoms with Gasteiger partial charge in [-0.15, -0.1) is 24.8 Å². The number of aromatic hydroxyl groups is 1. The summed E-state index contributed by atoms with van der Waals surface area (Å²) >= 11 is 3.49. The Bertz CT molecular complexity index is 524.